The maximum Gasteiger partial charge on any atom is 0.255 e. The predicted molar refractivity (Wildman–Crippen MR) is 94.3 cm³/mol. The van der Waals surface area contributed by atoms with Crippen LogP contribution in [0.25, 0.3) is 0 Å². The summed E-state index contributed by atoms with van der Waals surface area (Å²) in [6, 6.07) is 3.19. The molecule has 0 heterocycles. The lowest BCUT2D eigenvalue weighted by Crippen LogP contribution is -2.36. The Labute approximate surface area is 148 Å². The van der Waals surface area contributed by atoms with Crippen LogP contribution in [0, 0.1) is 5.92 Å². The second-order valence-electron chi connectivity index (χ2n) is 6.32. The molecule has 2 rings (SSSR count). The van der Waals surface area contributed by atoms with Crippen LogP contribution in [-0.2, 0) is 9.53 Å². The van der Waals surface area contributed by atoms with Gasteiger partial charge in [0, 0.05) is 33.7 Å². The molecule has 0 spiro atoms. The zero-order chi connectivity index (χ0) is 18.6. The van der Waals surface area contributed by atoms with Crippen LogP contribution in [0.3, 0.4) is 0 Å². The van der Waals surface area contributed by atoms with E-state index in [0.717, 1.165) is 12.8 Å². The van der Waals surface area contributed by atoms with E-state index in [2.05, 4.69) is 5.32 Å². The predicted octanol–water partition coefficient (Wildman–Crippen LogP) is 2.16. The molecule has 0 aliphatic heterocycles. The minimum Gasteiger partial charge on any atom is -0.493 e. The summed E-state index contributed by atoms with van der Waals surface area (Å²) in [7, 11) is 7.98. The lowest BCUT2D eigenvalue weighted by molar-refractivity contribution is -0.120. The third-order valence-corrected chi connectivity index (χ3v) is 4.53. The number of anilines is 1. The van der Waals surface area contributed by atoms with Crippen LogP contribution in [0.4, 0.5) is 5.69 Å². The van der Waals surface area contributed by atoms with Gasteiger partial charge in [-0.2, -0.15) is 0 Å². The Bertz CT molecular complexity index is 643. The summed E-state index contributed by atoms with van der Waals surface area (Å²) < 4.78 is 15.9. The number of rotatable bonds is 7. The molecule has 7 heteroatoms. The number of ether oxygens (including phenoxy) is 3. The minimum absolute atomic E-state index is 0.138. The van der Waals surface area contributed by atoms with Crippen LogP contribution in [0.2, 0.25) is 0 Å². The first-order valence-corrected chi connectivity index (χ1v) is 8.21. The maximum atomic E-state index is 12.5. The summed E-state index contributed by atoms with van der Waals surface area (Å²) >= 11 is 0. The third kappa shape index (κ3) is 4.22. The number of nitrogens with one attached hydrogen (secondary N) is 1. The van der Waals surface area contributed by atoms with E-state index in [4.69, 9.17) is 14.2 Å². The van der Waals surface area contributed by atoms with Crippen LogP contribution < -0.4 is 14.8 Å². The normalized spacial score (nSPS) is 18.9. The summed E-state index contributed by atoms with van der Waals surface area (Å²) in [5, 5.41) is 2.84. The summed E-state index contributed by atoms with van der Waals surface area (Å²) in [4.78, 5) is 26.3. The SMILES string of the molecule is COc1cc(NC(=O)CC2CCC2OC)c(C(=O)N(C)C)cc1OC. The number of hydrogen-bond donors (Lipinski definition) is 1. The van der Waals surface area contributed by atoms with Crippen LogP contribution in [0.1, 0.15) is 29.6 Å². The molecule has 0 radical (unpaired) electrons. The molecule has 0 saturated heterocycles. The van der Waals surface area contributed by atoms with Gasteiger partial charge in [-0.3, -0.25) is 9.59 Å². The second-order valence-corrected chi connectivity index (χ2v) is 6.32. The van der Waals surface area contributed by atoms with E-state index in [0.29, 0.717) is 29.2 Å². The van der Waals surface area contributed by atoms with Crippen molar-refractivity contribution in [1.82, 2.24) is 4.90 Å². The highest BCUT2D eigenvalue weighted by molar-refractivity contribution is 6.04. The number of amides is 2. The summed E-state index contributed by atoms with van der Waals surface area (Å²) in [5.41, 5.74) is 0.766. The monoisotopic (exact) mass is 350 g/mol. The van der Waals surface area contributed by atoms with Crippen molar-refractivity contribution < 1.29 is 23.8 Å². The lowest BCUT2D eigenvalue weighted by atomic mass is 9.79. The first kappa shape index (κ1) is 19.1. The third-order valence-electron chi connectivity index (χ3n) is 4.53. The van der Waals surface area contributed by atoms with Crippen molar-refractivity contribution in [3.8, 4) is 11.5 Å². The van der Waals surface area contributed by atoms with Gasteiger partial charge in [-0.05, 0) is 24.8 Å². The summed E-state index contributed by atoms with van der Waals surface area (Å²) in [6.45, 7) is 0. The number of hydrogen-bond acceptors (Lipinski definition) is 5. The molecule has 1 aliphatic carbocycles. The molecule has 2 amide bonds. The molecule has 0 bridgehead atoms. The fourth-order valence-electron chi connectivity index (χ4n) is 2.92. The molecule has 1 saturated carbocycles. The molecule has 2 unspecified atom stereocenters. The van der Waals surface area contributed by atoms with Crippen LogP contribution >= 0.6 is 0 Å². The van der Waals surface area contributed by atoms with Crippen molar-refractivity contribution >= 4 is 17.5 Å². The Balaban J connectivity index is 2.24. The molecule has 1 aromatic carbocycles. The van der Waals surface area contributed by atoms with Crippen molar-refractivity contribution in [2.24, 2.45) is 5.92 Å². The van der Waals surface area contributed by atoms with Crippen molar-refractivity contribution in [1.29, 1.82) is 0 Å². The lowest BCUT2D eigenvalue weighted by Gasteiger charge is -2.34. The maximum absolute atomic E-state index is 12.5. The van der Waals surface area contributed by atoms with Crippen LogP contribution in [0.15, 0.2) is 12.1 Å². The molecule has 138 valence electrons. The van der Waals surface area contributed by atoms with Gasteiger partial charge in [0.2, 0.25) is 5.91 Å². The van der Waals surface area contributed by atoms with Gasteiger partial charge in [0.05, 0.1) is 31.6 Å². The molecule has 1 aromatic rings. The van der Waals surface area contributed by atoms with E-state index in [1.54, 1.807) is 33.3 Å². The second kappa shape index (κ2) is 8.20. The van der Waals surface area contributed by atoms with E-state index in [1.807, 2.05) is 0 Å². The molecule has 25 heavy (non-hydrogen) atoms. The Morgan fingerprint density at radius 2 is 1.76 bits per heavy atom. The van der Waals surface area contributed by atoms with Gasteiger partial charge in [-0.1, -0.05) is 0 Å². The Morgan fingerprint density at radius 1 is 1.12 bits per heavy atom. The van der Waals surface area contributed by atoms with Crippen molar-refractivity contribution in [2.75, 3.05) is 40.7 Å². The number of carbonyl (C=O) groups excluding carboxylic acids is 2. The highest BCUT2D eigenvalue weighted by Gasteiger charge is 2.32. The average Bonchev–Trinajstić information content (AvgIpc) is 2.58. The van der Waals surface area contributed by atoms with E-state index < -0.39 is 0 Å². The van der Waals surface area contributed by atoms with Crippen LogP contribution in [0.5, 0.6) is 11.5 Å². The fourth-order valence-corrected chi connectivity index (χ4v) is 2.92. The van der Waals surface area contributed by atoms with Gasteiger partial charge in [0.1, 0.15) is 0 Å². The zero-order valence-electron chi connectivity index (χ0n) is 15.4. The van der Waals surface area contributed by atoms with Gasteiger partial charge in [0.15, 0.2) is 11.5 Å². The minimum atomic E-state index is -0.227. The molecule has 0 aromatic heterocycles. The van der Waals surface area contributed by atoms with Crippen molar-refractivity contribution in [2.45, 2.75) is 25.4 Å². The largest absolute Gasteiger partial charge is 0.493 e. The Kier molecular flexibility index (Phi) is 6.25. The van der Waals surface area contributed by atoms with E-state index in [9.17, 15) is 9.59 Å². The van der Waals surface area contributed by atoms with E-state index in [-0.39, 0.29) is 23.8 Å². The molecule has 2 atom stereocenters. The van der Waals surface area contributed by atoms with Crippen LogP contribution in [-0.4, -0.2) is 58.2 Å². The zero-order valence-corrected chi connectivity index (χ0v) is 15.4. The van der Waals surface area contributed by atoms with Gasteiger partial charge >= 0.3 is 0 Å². The molecular formula is C18H26N2O5. The first-order chi connectivity index (χ1) is 11.9. The summed E-state index contributed by atoms with van der Waals surface area (Å²) in [5.74, 6) is 0.732. The van der Waals surface area contributed by atoms with Crippen molar-refractivity contribution in [3.63, 3.8) is 0 Å². The van der Waals surface area contributed by atoms with Gasteiger partial charge in [-0.15, -0.1) is 0 Å². The molecule has 7 nitrogen and oxygen atoms in total. The van der Waals surface area contributed by atoms with E-state index >= 15 is 0 Å². The molecule has 1 aliphatic rings. The van der Waals surface area contributed by atoms with Gasteiger partial charge in [-0.25, -0.2) is 0 Å². The quantitative estimate of drug-likeness (QED) is 0.815. The van der Waals surface area contributed by atoms with Crippen molar-refractivity contribution in [3.05, 3.63) is 17.7 Å². The summed E-state index contributed by atoms with van der Waals surface area (Å²) in [6.07, 6.45) is 2.46. The van der Waals surface area contributed by atoms with Gasteiger partial charge in [0.25, 0.3) is 5.91 Å². The first-order valence-electron chi connectivity index (χ1n) is 8.21. The standard InChI is InChI=1S/C18H26N2O5/c1-20(2)18(22)12-9-15(24-4)16(25-5)10-13(12)19-17(21)8-11-6-7-14(11)23-3/h9-11,14H,6-8H2,1-5H3,(H,19,21). The van der Waals surface area contributed by atoms with Gasteiger partial charge < -0.3 is 24.4 Å². The number of carbonyl (C=O) groups is 2. The highest BCUT2D eigenvalue weighted by atomic mass is 16.5. The highest BCUT2D eigenvalue weighted by Crippen LogP contribution is 2.35. The fraction of sp³-hybridized carbons (Fsp3) is 0.556. The number of methoxy groups -OCH3 is 3. The van der Waals surface area contributed by atoms with E-state index in [1.165, 1.54) is 19.1 Å². The topological polar surface area (TPSA) is 77.1 Å². The molecule has 1 N–H and O–H groups in total. The molecule has 1 fully saturated rings. The number of benzene rings is 1. The molecular weight excluding hydrogens is 324 g/mol. The Morgan fingerprint density at radius 3 is 2.24 bits per heavy atom. The average molecular weight is 350 g/mol. The smallest absolute Gasteiger partial charge is 0.255 e. The number of nitrogens with zero attached hydrogens (tertiary/aromatic N) is 1. The Hall–Kier alpha value is -2.28.